The molecule has 0 aromatic rings. The van der Waals surface area contributed by atoms with E-state index in [1.807, 2.05) is 0 Å². The molecule has 0 aromatic carbocycles. The second-order valence-corrected chi connectivity index (χ2v) is 1.90. The van der Waals surface area contributed by atoms with Gasteiger partial charge in [0.2, 0.25) is 0 Å². The summed E-state index contributed by atoms with van der Waals surface area (Å²) in [6, 6.07) is -0.383. The average Bonchev–Trinajstić information content (AvgIpc) is 2.20. The summed E-state index contributed by atoms with van der Waals surface area (Å²) in [6.07, 6.45) is 0. The predicted octanol–water partition coefficient (Wildman–Crippen LogP) is -0.858. The number of amides is 3. The van der Waals surface area contributed by atoms with Crippen LogP contribution in [0.1, 0.15) is 0 Å². The Balaban J connectivity index is 2.54. The van der Waals surface area contributed by atoms with Gasteiger partial charge in [0.25, 0.3) is 5.91 Å². The van der Waals surface area contributed by atoms with Crippen molar-refractivity contribution in [3.63, 3.8) is 0 Å². The molecule has 3 amide bonds. The van der Waals surface area contributed by atoms with Crippen molar-refractivity contribution in [3.8, 4) is 0 Å². The van der Waals surface area contributed by atoms with E-state index in [0.29, 0.717) is 0 Å². The van der Waals surface area contributed by atoms with Crippen LogP contribution in [0.2, 0.25) is 0 Å². The first kappa shape index (κ1) is 7.01. The summed E-state index contributed by atoms with van der Waals surface area (Å²) < 4.78 is 4.61. The van der Waals surface area contributed by atoms with Crippen molar-refractivity contribution in [2.45, 2.75) is 0 Å². The van der Waals surface area contributed by atoms with E-state index in [2.05, 4.69) is 10.1 Å². The Kier molecular flexibility index (Phi) is 1.86. The van der Waals surface area contributed by atoms with E-state index in [1.54, 1.807) is 0 Å². The van der Waals surface area contributed by atoms with E-state index in [9.17, 15) is 9.59 Å². The third-order valence-electron chi connectivity index (χ3n) is 1.20. The number of methoxy groups -OCH3 is 1. The van der Waals surface area contributed by atoms with Crippen molar-refractivity contribution in [3.05, 3.63) is 0 Å². The number of rotatable bonds is 2. The molecule has 0 saturated carbocycles. The second kappa shape index (κ2) is 2.66. The van der Waals surface area contributed by atoms with E-state index in [0.717, 1.165) is 4.90 Å². The van der Waals surface area contributed by atoms with Crippen LogP contribution >= 0.6 is 0 Å². The Morgan fingerprint density at radius 1 is 1.70 bits per heavy atom. The summed E-state index contributed by atoms with van der Waals surface area (Å²) in [5.41, 5.74) is 0. The van der Waals surface area contributed by atoms with E-state index in [4.69, 9.17) is 0 Å². The van der Waals surface area contributed by atoms with E-state index in [1.165, 1.54) is 7.11 Å². The van der Waals surface area contributed by atoms with Crippen LogP contribution in [-0.4, -0.2) is 37.2 Å². The highest BCUT2D eigenvalue weighted by atomic mass is 16.5. The van der Waals surface area contributed by atoms with Gasteiger partial charge in [-0.1, -0.05) is 0 Å². The van der Waals surface area contributed by atoms with Crippen molar-refractivity contribution in [2.24, 2.45) is 0 Å². The number of ether oxygens (including phenoxy) is 1. The van der Waals surface area contributed by atoms with Crippen LogP contribution in [0.4, 0.5) is 4.79 Å². The van der Waals surface area contributed by atoms with Crippen molar-refractivity contribution in [1.29, 1.82) is 0 Å². The Morgan fingerprint density at radius 2 is 2.40 bits per heavy atom. The molecule has 0 spiro atoms. The topological polar surface area (TPSA) is 58.6 Å². The lowest BCUT2D eigenvalue weighted by Crippen LogP contribution is -2.32. The van der Waals surface area contributed by atoms with Crippen LogP contribution in [0.25, 0.3) is 0 Å². The van der Waals surface area contributed by atoms with Crippen LogP contribution < -0.4 is 5.32 Å². The maximum atomic E-state index is 10.7. The van der Waals surface area contributed by atoms with Crippen LogP contribution in [0.5, 0.6) is 0 Å². The van der Waals surface area contributed by atoms with E-state index in [-0.39, 0.29) is 25.2 Å². The Hall–Kier alpha value is -1.10. The molecule has 5 heteroatoms. The Bertz CT molecular complexity index is 152. The molecule has 1 heterocycles. The number of imide groups is 1. The maximum Gasteiger partial charge on any atom is 0.326 e. The molecule has 1 rings (SSSR count). The zero-order valence-electron chi connectivity index (χ0n) is 5.59. The molecule has 0 radical (unpaired) electrons. The predicted molar refractivity (Wildman–Crippen MR) is 32.1 cm³/mol. The average molecular weight is 144 g/mol. The molecule has 1 saturated heterocycles. The summed E-state index contributed by atoms with van der Waals surface area (Å²) in [4.78, 5) is 22.4. The molecule has 56 valence electrons. The smallest absolute Gasteiger partial charge is 0.326 e. The van der Waals surface area contributed by atoms with Crippen LogP contribution in [-0.2, 0) is 9.53 Å². The number of nitrogens with one attached hydrogen (secondary N) is 1. The lowest BCUT2D eigenvalue weighted by molar-refractivity contribution is -0.128. The minimum absolute atomic E-state index is 0.0324. The van der Waals surface area contributed by atoms with Gasteiger partial charge in [-0.05, 0) is 0 Å². The molecule has 1 N–H and O–H groups in total. The molecule has 1 aliphatic rings. The lowest BCUT2D eigenvalue weighted by Gasteiger charge is -2.08. The minimum Gasteiger partial charge on any atom is -0.364 e. The third-order valence-corrected chi connectivity index (χ3v) is 1.20. The standard InChI is InChI=1S/C5H8N2O3/c1-10-3-7-4(8)2-6-5(7)9/h2-3H2,1H3,(H,6,9). The largest absolute Gasteiger partial charge is 0.364 e. The van der Waals surface area contributed by atoms with Gasteiger partial charge in [0.15, 0.2) is 0 Å². The number of nitrogens with zero attached hydrogens (tertiary/aromatic N) is 1. The van der Waals surface area contributed by atoms with Crippen LogP contribution in [0.15, 0.2) is 0 Å². The van der Waals surface area contributed by atoms with Crippen molar-refractivity contribution in [1.82, 2.24) is 10.2 Å². The molecule has 10 heavy (non-hydrogen) atoms. The van der Waals surface area contributed by atoms with Crippen molar-refractivity contribution >= 4 is 11.9 Å². The number of hydrogen-bond acceptors (Lipinski definition) is 3. The molecular weight excluding hydrogens is 136 g/mol. The first-order valence-electron chi connectivity index (χ1n) is 2.83. The molecule has 0 aliphatic carbocycles. The van der Waals surface area contributed by atoms with Gasteiger partial charge in [-0.15, -0.1) is 0 Å². The quantitative estimate of drug-likeness (QED) is 0.513. The fourth-order valence-corrected chi connectivity index (χ4v) is 0.715. The van der Waals surface area contributed by atoms with E-state index < -0.39 is 0 Å². The van der Waals surface area contributed by atoms with Gasteiger partial charge in [0, 0.05) is 7.11 Å². The summed E-state index contributed by atoms with van der Waals surface area (Å²) in [6.45, 7) is 0.118. The fourth-order valence-electron chi connectivity index (χ4n) is 0.715. The van der Waals surface area contributed by atoms with E-state index >= 15 is 0 Å². The zero-order chi connectivity index (χ0) is 7.56. The van der Waals surface area contributed by atoms with Gasteiger partial charge in [-0.25, -0.2) is 9.69 Å². The Morgan fingerprint density at radius 3 is 2.80 bits per heavy atom. The number of carbonyl (C=O) groups excluding carboxylic acids is 2. The highest BCUT2D eigenvalue weighted by molar-refractivity contribution is 6.01. The van der Waals surface area contributed by atoms with Crippen molar-refractivity contribution < 1.29 is 14.3 Å². The highest BCUT2D eigenvalue weighted by Gasteiger charge is 2.27. The SMILES string of the molecule is COCN1C(=O)CNC1=O. The normalized spacial score (nSPS) is 17.9. The molecule has 0 unspecified atom stereocenters. The van der Waals surface area contributed by atoms with Gasteiger partial charge in [-0.2, -0.15) is 0 Å². The lowest BCUT2D eigenvalue weighted by atomic mass is 10.6. The monoisotopic (exact) mass is 144 g/mol. The van der Waals surface area contributed by atoms with Crippen LogP contribution in [0.3, 0.4) is 0 Å². The molecular formula is C5H8N2O3. The number of urea groups is 1. The minimum atomic E-state index is -0.383. The summed E-state index contributed by atoms with van der Waals surface area (Å²) in [7, 11) is 1.43. The first-order valence-corrected chi connectivity index (χ1v) is 2.83. The third kappa shape index (κ3) is 1.08. The van der Waals surface area contributed by atoms with Crippen LogP contribution in [0, 0.1) is 0 Å². The van der Waals surface area contributed by atoms with Gasteiger partial charge in [-0.3, -0.25) is 4.79 Å². The van der Waals surface area contributed by atoms with Gasteiger partial charge >= 0.3 is 6.03 Å². The molecule has 5 nitrogen and oxygen atoms in total. The van der Waals surface area contributed by atoms with Gasteiger partial charge in [0.1, 0.15) is 6.73 Å². The second-order valence-electron chi connectivity index (χ2n) is 1.90. The molecule has 0 atom stereocenters. The first-order chi connectivity index (χ1) is 4.75. The molecule has 1 aliphatic heterocycles. The van der Waals surface area contributed by atoms with Crippen molar-refractivity contribution in [2.75, 3.05) is 20.4 Å². The number of hydrogen-bond donors (Lipinski definition) is 1. The Labute approximate surface area is 57.9 Å². The summed E-state index contributed by atoms with van der Waals surface area (Å²) in [5.74, 6) is -0.244. The van der Waals surface area contributed by atoms with Gasteiger partial charge < -0.3 is 10.1 Å². The fraction of sp³-hybridized carbons (Fsp3) is 0.600. The summed E-state index contributed by atoms with van der Waals surface area (Å²) in [5, 5.41) is 2.36. The molecule has 0 aromatic heterocycles. The highest BCUT2D eigenvalue weighted by Crippen LogP contribution is 1.96. The summed E-state index contributed by atoms with van der Waals surface area (Å²) >= 11 is 0. The molecule has 1 fully saturated rings. The zero-order valence-corrected chi connectivity index (χ0v) is 5.59. The maximum absolute atomic E-state index is 10.7. The number of carbonyl (C=O) groups is 2. The van der Waals surface area contributed by atoms with Gasteiger partial charge in [0.05, 0.1) is 6.54 Å². The molecule has 0 bridgehead atoms.